The van der Waals surface area contributed by atoms with Crippen LogP contribution in [0.3, 0.4) is 0 Å². The Labute approximate surface area is 147 Å². The van der Waals surface area contributed by atoms with E-state index in [4.69, 9.17) is 14.7 Å². The molecule has 25 heavy (non-hydrogen) atoms. The molecule has 1 aliphatic carbocycles. The molecule has 1 amide bonds. The fraction of sp³-hybridized carbons (Fsp3) is 0.588. The number of hydrogen-bond acceptors (Lipinski definition) is 6. The lowest BCUT2D eigenvalue weighted by Gasteiger charge is -2.32. The third-order valence-electron chi connectivity index (χ3n) is 4.17. The Kier molecular flexibility index (Phi) is 7.08. The average molecular weight is 346 g/mol. The second-order valence-corrected chi connectivity index (χ2v) is 6.12. The first-order valence-electron chi connectivity index (χ1n) is 8.67. The van der Waals surface area contributed by atoms with Crippen molar-refractivity contribution in [3.63, 3.8) is 0 Å². The molecule has 1 aliphatic heterocycles. The Hall–Kier alpha value is -2.27. The number of hydrogen-bond donors (Lipinski definition) is 2. The molecular weight excluding hydrogens is 323 g/mol. The number of esters is 1. The van der Waals surface area contributed by atoms with Crippen molar-refractivity contribution in [2.75, 3.05) is 6.61 Å². The van der Waals surface area contributed by atoms with Gasteiger partial charge in [-0.2, -0.15) is 5.26 Å². The molecule has 0 aromatic rings. The van der Waals surface area contributed by atoms with Crippen LogP contribution in [0.2, 0.25) is 0 Å². The molecule has 1 atom stereocenters. The van der Waals surface area contributed by atoms with Crippen LogP contribution in [0.5, 0.6) is 0 Å². The van der Waals surface area contributed by atoms with Crippen LogP contribution in [0.25, 0.3) is 0 Å². The van der Waals surface area contributed by atoms with Crippen LogP contribution in [0, 0.1) is 11.3 Å². The molecule has 0 fully saturated rings. The summed E-state index contributed by atoms with van der Waals surface area (Å²) in [6.45, 7) is 2.37. The Bertz CT molecular complexity index is 623. The van der Waals surface area contributed by atoms with Gasteiger partial charge in [0.2, 0.25) is 5.91 Å². The van der Waals surface area contributed by atoms with E-state index in [2.05, 4.69) is 5.32 Å². The lowest BCUT2D eigenvalue weighted by atomic mass is 9.70. The molecule has 134 valence electrons. The van der Waals surface area contributed by atoms with E-state index in [0.717, 1.165) is 18.4 Å². The van der Waals surface area contributed by atoms with Crippen molar-refractivity contribution >= 4 is 19.0 Å². The van der Waals surface area contributed by atoms with Gasteiger partial charge in [0.25, 0.3) is 0 Å². The quantitative estimate of drug-likeness (QED) is 0.411. The van der Waals surface area contributed by atoms with Gasteiger partial charge in [-0.05, 0) is 31.3 Å². The summed E-state index contributed by atoms with van der Waals surface area (Å²) < 4.78 is 10.8. The summed E-state index contributed by atoms with van der Waals surface area (Å²) in [5.74, 6) is -0.948. The second-order valence-electron chi connectivity index (χ2n) is 6.12. The number of carbonyl (C=O) groups is 2. The maximum absolute atomic E-state index is 12.2. The molecule has 2 aliphatic rings. The number of amides is 1. The first-order chi connectivity index (χ1) is 12.1. The Morgan fingerprint density at radius 2 is 2.36 bits per heavy atom. The van der Waals surface area contributed by atoms with E-state index in [1.807, 2.05) is 13.0 Å². The number of nitrogens with zero attached hydrogens (tertiary/aromatic N) is 1. The van der Waals surface area contributed by atoms with Gasteiger partial charge in [-0.15, -0.1) is 0 Å². The summed E-state index contributed by atoms with van der Waals surface area (Å²) in [7, 11) is -1.24. The van der Waals surface area contributed by atoms with Gasteiger partial charge >= 0.3 is 13.1 Å². The van der Waals surface area contributed by atoms with Gasteiger partial charge < -0.3 is 19.7 Å². The summed E-state index contributed by atoms with van der Waals surface area (Å²) in [4.78, 5) is 24.0. The zero-order chi connectivity index (χ0) is 18.2. The van der Waals surface area contributed by atoms with E-state index >= 15 is 0 Å². The third kappa shape index (κ3) is 5.10. The van der Waals surface area contributed by atoms with E-state index in [0.29, 0.717) is 37.2 Å². The topological polar surface area (TPSA) is 109 Å². The smallest absolute Gasteiger partial charge is 0.534 e. The lowest BCUT2D eigenvalue weighted by Crippen LogP contribution is -2.50. The molecule has 1 heterocycles. The molecule has 0 bridgehead atoms. The number of nitrogens with one attached hydrogen (secondary N) is 1. The van der Waals surface area contributed by atoms with Crippen molar-refractivity contribution in [2.45, 2.75) is 57.8 Å². The van der Waals surface area contributed by atoms with Gasteiger partial charge in [0.1, 0.15) is 5.76 Å². The fourth-order valence-corrected chi connectivity index (χ4v) is 2.83. The van der Waals surface area contributed by atoms with E-state index in [1.54, 1.807) is 6.08 Å². The first-order valence-corrected chi connectivity index (χ1v) is 8.67. The third-order valence-corrected chi connectivity index (χ3v) is 4.17. The van der Waals surface area contributed by atoms with Crippen LogP contribution < -0.4 is 5.32 Å². The molecule has 7 nitrogen and oxygen atoms in total. The van der Waals surface area contributed by atoms with Crippen molar-refractivity contribution < 1.29 is 24.0 Å². The fourth-order valence-electron chi connectivity index (χ4n) is 2.83. The summed E-state index contributed by atoms with van der Waals surface area (Å²) in [5.41, 5.74) is 1.24. The summed E-state index contributed by atoms with van der Waals surface area (Å²) in [6, 6.07) is 1.91. The van der Waals surface area contributed by atoms with Crippen LogP contribution in [-0.4, -0.2) is 36.6 Å². The molecule has 8 heteroatoms. The molecule has 0 aromatic heterocycles. The molecule has 0 saturated heterocycles. The zero-order valence-corrected chi connectivity index (χ0v) is 14.4. The molecule has 0 spiro atoms. The number of rotatable bonds is 7. The highest BCUT2D eigenvalue weighted by Crippen LogP contribution is 2.34. The number of unbranched alkanes of at least 4 members (excludes halogenated alkanes) is 1. The normalized spacial score (nSPS) is 19.3. The van der Waals surface area contributed by atoms with Gasteiger partial charge in [0, 0.05) is 12.8 Å². The van der Waals surface area contributed by atoms with E-state index in [9.17, 15) is 14.6 Å². The lowest BCUT2D eigenvalue weighted by molar-refractivity contribution is -0.139. The van der Waals surface area contributed by atoms with Crippen LogP contribution in [0.4, 0.5) is 0 Å². The van der Waals surface area contributed by atoms with E-state index in [-0.39, 0.29) is 18.7 Å². The van der Waals surface area contributed by atoms with E-state index in [1.165, 1.54) is 0 Å². The van der Waals surface area contributed by atoms with Crippen molar-refractivity contribution in [2.24, 2.45) is 0 Å². The van der Waals surface area contributed by atoms with Crippen LogP contribution in [-0.2, 0) is 19.0 Å². The van der Waals surface area contributed by atoms with E-state index < -0.39 is 19.0 Å². The predicted molar refractivity (Wildman–Crippen MR) is 90.7 cm³/mol. The monoisotopic (exact) mass is 346 g/mol. The maximum atomic E-state index is 12.2. The molecule has 0 unspecified atom stereocenters. The minimum absolute atomic E-state index is 0.0839. The van der Waals surface area contributed by atoms with Gasteiger partial charge in [-0.3, -0.25) is 4.79 Å². The molecule has 2 rings (SSSR count). The number of allylic oxidation sites excluding steroid dienone is 1. The zero-order valence-electron chi connectivity index (χ0n) is 14.4. The SMILES string of the molecule is CCCCOC(=O)C1=CCCC2=C1OB(O)[C@@H](NC(=O)CCC#N)C2. The Morgan fingerprint density at radius 3 is 3.08 bits per heavy atom. The number of carbonyl (C=O) groups excluding carboxylic acids is 2. The number of ether oxygens (including phenoxy) is 1. The predicted octanol–water partition coefficient (Wildman–Crippen LogP) is 1.53. The molecule has 0 radical (unpaired) electrons. The Balaban J connectivity index is 2.02. The molecule has 0 saturated carbocycles. The van der Waals surface area contributed by atoms with Crippen molar-refractivity contribution in [1.82, 2.24) is 5.32 Å². The summed E-state index contributed by atoms with van der Waals surface area (Å²) >= 11 is 0. The first kappa shape index (κ1) is 19.1. The van der Waals surface area contributed by atoms with Crippen molar-refractivity contribution in [3.05, 3.63) is 23.0 Å². The summed E-state index contributed by atoms with van der Waals surface area (Å²) in [6.07, 6.45) is 5.51. The minimum Gasteiger partial charge on any atom is -0.534 e. The molecule has 2 N–H and O–H groups in total. The highest BCUT2D eigenvalue weighted by Gasteiger charge is 2.40. The minimum atomic E-state index is -1.24. The average Bonchev–Trinajstić information content (AvgIpc) is 2.60. The van der Waals surface area contributed by atoms with Crippen LogP contribution in [0.15, 0.2) is 23.0 Å². The van der Waals surface area contributed by atoms with Crippen molar-refractivity contribution in [3.8, 4) is 6.07 Å². The van der Waals surface area contributed by atoms with Crippen LogP contribution >= 0.6 is 0 Å². The van der Waals surface area contributed by atoms with Crippen LogP contribution in [0.1, 0.15) is 51.9 Å². The Morgan fingerprint density at radius 1 is 1.56 bits per heavy atom. The van der Waals surface area contributed by atoms with Gasteiger partial charge in [0.15, 0.2) is 0 Å². The largest absolute Gasteiger partial charge is 0.547 e. The molecule has 0 aromatic carbocycles. The second kappa shape index (κ2) is 9.28. The molecular formula is C17H23BN2O5. The highest BCUT2D eigenvalue weighted by molar-refractivity contribution is 6.46. The van der Waals surface area contributed by atoms with Gasteiger partial charge in [0.05, 0.1) is 24.2 Å². The summed E-state index contributed by atoms with van der Waals surface area (Å²) in [5, 5.41) is 21.4. The maximum Gasteiger partial charge on any atom is 0.547 e. The highest BCUT2D eigenvalue weighted by atomic mass is 16.5. The van der Waals surface area contributed by atoms with Crippen molar-refractivity contribution in [1.29, 1.82) is 5.26 Å². The van der Waals surface area contributed by atoms with Gasteiger partial charge in [-0.1, -0.05) is 19.4 Å². The van der Waals surface area contributed by atoms with Gasteiger partial charge in [-0.25, -0.2) is 4.79 Å². The standard InChI is InChI=1S/C17H23BN2O5/c1-2-3-10-24-17(22)13-7-4-6-12-11-14(18(23)25-16(12)13)20-15(21)8-5-9-19/h7,14,23H,2-6,8,10-11H2,1H3,(H,20,21)/t14-/m0/s1. The number of nitriles is 1.